The minimum absolute atomic E-state index is 0.0641. The summed E-state index contributed by atoms with van der Waals surface area (Å²) in [6, 6.07) is 13.6. The Bertz CT molecular complexity index is 906. The molecule has 1 N–H and O–H groups in total. The Kier molecular flexibility index (Phi) is 5.60. The fourth-order valence-electron chi connectivity index (χ4n) is 4.36. The Balaban J connectivity index is 1.68. The summed E-state index contributed by atoms with van der Waals surface area (Å²) in [5, 5.41) is 10.3. The van der Waals surface area contributed by atoms with Crippen molar-refractivity contribution in [1.82, 2.24) is 4.90 Å². The summed E-state index contributed by atoms with van der Waals surface area (Å²) in [6.45, 7) is 6.18. The minimum atomic E-state index is -0.598. The van der Waals surface area contributed by atoms with Gasteiger partial charge in [-0.3, -0.25) is 0 Å². The summed E-state index contributed by atoms with van der Waals surface area (Å²) in [6.07, 6.45) is 1.10. The molecule has 0 unspecified atom stereocenters. The third-order valence-electron chi connectivity index (χ3n) is 5.65. The van der Waals surface area contributed by atoms with Crippen LogP contribution < -0.4 is 9.47 Å². The second-order valence-corrected chi connectivity index (χ2v) is 8.86. The SMILES string of the molecule is CC(C)(C)OC(=O)N(Cc1ccccc1)[C@@H]1CCc2c(ccc3c2OCO3)[C@H]1CO. The van der Waals surface area contributed by atoms with Crippen molar-refractivity contribution < 1.29 is 24.1 Å². The molecule has 1 aliphatic carbocycles. The highest BCUT2D eigenvalue weighted by Crippen LogP contribution is 2.45. The summed E-state index contributed by atoms with van der Waals surface area (Å²) in [5.74, 6) is 1.30. The van der Waals surface area contributed by atoms with Crippen LogP contribution in [-0.2, 0) is 17.7 Å². The van der Waals surface area contributed by atoms with Crippen LogP contribution in [0.5, 0.6) is 11.5 Å². The Labute approximate surface area is 177 Å². The number of benzene rings is 2. The van der Waals surface area contributed by atoms with Crippen molar-refractivity contribution in [3.63, 3.8) is 0 Å². The van der Waals surface area contributed by atoms with Gasteiger partial charge in [0.25, 0.3) is 0 Å². The monoisotopic (exact) mass is 411 g/mol. The number of carbonyl (C=O) groups excluding carboxylic acids is 1. The van der Waals surface area contributed by atoms with E-state index in [1.54, 1.807) is 4.90 Å². The van der Waals surface area contributed by atoms with Crippen molar-refractivity contribution in [2.24, 2.45) is 0 Å². The minimum Gasteiger partial charge on any atom is -0.454 e. The molecule has 2 aliphatic rings. The molecule has 1 amide bonds. The van der Waals surface area contributed by atoms with Gasteiger partial charge in [0.1, 0.15) is 5.60 Å². The van der Waals surface area contributed by atoms with Gasteiger partial charge in [0.15, 0.2) is 11.5 Å². The van der Waals surface area contributed by atoms with E-state index in [2.05, 4.69) is 0 Å². The van der Waals surface area contributed by atoms with Gasteiger partial charge in [0.2, 0.25) is 6.79 Å². The van der Waals surface area contributed by atoms with Crippen LogP contribution >= 0.6 is 0 Å². The van der Waals surface area contributed by atoms with E-state index < -0.39 is 5.60 Å². The number of hydrogen-bond acceptors (Lipinski definition) is 5. The van der Waals surface area contributed by atoms with Gasteiger partial charge in [-0.05, 0) is 50.8 Å². The van der Waals surface area contributed by atoms with Crippen LogP contribution in [-0.4, -0.2) is 41.1 Å². The number of aliphatic hydroxyl groups is 1. The maximum Gasteiger partial charge on any atom is 0.410 e. The first-order chi connectivity index (χ1) is 14.4. The zero-order chi connectivity index (χ0) is 21.3. The number of rotatable bonds is 4. The number of carbonyl (C=O) groups is 1. The predicted octanol–water partition coefficient (Wildman–Crippen LogP) is 4.24. The van der Waals surface area contributed by atoms with Gasteiger partial charge >= 0.3 is 6.09 Å². The highest BCUT2D eigenvalue weighted by molar-refractivity contribution is 5.69. The molecule has 0 aromatic heterocycles. The molecule has 0 fully saturated rings. The lowest BCUT2D eigenvalue weighted by Gasteiger charge is -2.41. The molecule has 0 saturated heterocycles. The molecular weight excluding hydrogens is 382 g/mol. The van der Waals surface area contributed by atoms with Gasteiger partial charge in [-0.2, -0.15) is 0 Å². The van der Waals surface area contributed by atoms with Crippen molar-refractivity contribution in [1.29, 1.82) is 0 Å². The molecule has 2 aromatic rings. The van der Waals surface area contributed by atoms with Gasteiger partial charge in [0, 0.05) is 24.1 Å². The first kappa shape index (κ1) is 20.5. The molecule has 160 valence electrons. The fraction of sp³-hybridized carbons (Fsp3) is 0.458. The van der Waals surface area contributed by atoms with E-state index in [0.717, 1.165) is 34.6 Å². The summed E-state index contributed by atoms with van der Waals surface area (Å²) < 4.78 is 16.9. The first-order valence-corrected chi connectivity index (χ1v) is 10.4. The number of hydrogen-bond donors (Lipinski definition) is 1. The molecule has 2 atom stereocenters. The summed E-state index contributed by atoms with van der Waals surface area (Å²) in [5.41, 5.74) is 2.51. The number of ether oxygens (including phenoxy) is 3. The van der Waals surface area contributed by atoms with Crippen LogP contribution in [0.2, 0.25) is 0 Å². The van der Waals surface area contributed by atoms with Crippen molar-refractivity contribution in [2.45, 2.75) is 57.7 Å². The van der Waals surface area contributed by atoms with E-state index in [-0.39, 0.29) is 31.5 Å². The topological polar surface area (TPSA) is 68.2 Å². The average Bonchev–Trinajstić information content (AvgIpc) is 3.20. The van der Waals surface area contributed by atoms with Gasteiger partial charge in [-0.1, -0.05) is 36.4 Å². The maximum atomic E-state index is 13.2. The Morgan fingerprint density at radius 3 is 2.63 bits per heavy atom. The van der Waals surface area contributed by atoms with E-state index in [9.17, 15) is 9.90 Å². The summed E-state index contributed by atoms with van der Waals surface area (Å²) in [4.78, 5) is 15.0. The van der Waals surface area contributed by atoms with Crippen LogP contribution in [0.1, 0.15) is 49.8 Å². The lowest BCUT2D eigenvalue weighted by Crippen LogP contribution is -2.48. The third kappa shape index (κ3) is 4.10. The van der Waals surface area contributed by atoms with Crippen LogP contribution in [0, 0.1) is 0 Å². The van der Waals surface area contributed by atoms with Crippen LogP contribution in [0.3, 0.4) is 0 Å². The summed E-state index contributed by atoms with van der Waals surface area (Å²) >= 11 is 0. The van der Waals surface area contributed by atoms with E-state index in [1.807, 2.05) is 63.2 Å². The molecule has 0 radical (unpaired) electrons. The second-order valence-electron chi connectivity index (χ2n) is 8.86. The molecule has 30 heavy (non-hydrogen) atoms. The largest absolute Gasteiger partial charge is 0.454 e. The quantitative estimate of drug-likeness (QED) is 0.815. The molecule has 0 spiro atoms. The van der Waals surface area contributed by atoms with Crippen LogP contribution in [0.4, 0.5) is 4.79 Å². The maximum absolute atomic E-state index is 13.2. The van der Waals surface area contributed by atoms with E-state index in [0.29, 0.717) is 13.0 Å². The molecule has 0 bridgehead atoms. The van der Waals surface area contributed by atoms with Crippen molar-refractivity contribution in [3.05, 3.63) is 59.2 Å². The first-order valence-electron chi connectivity index (χ1n) is 10.4. The second kappa shape index (κ2) is 8.19. The highest BCUT2D eigenvalue weighted by atomic mass is 16.7. The van der Waals surface area contributed by atoms with Gasteiger partial charge < -0.3 is 24.2 Å². The summed E-state index contributed by atoms with van der Waals surface area (Å²) in [7, 11) is 0. The molecule has 0 saturated carbocycles. The molecular formula is C24H29NO5. The van der Waals surface area contributed by atoms with Gasteiger partial charge in [0.05, 0.1) is 6.61 Å². The number of amides is 1. The smallest absolute Gasteiger partial charge is 0.410 e. The molecule has 4 rings (SSSR count). The lowest BCUT2D eigenvalue weighted by atomic mass is 9.78. The molecule has 2 aromatic carbocycles. The lowest BCUT2D eigenvalue weighted by molar-refractivity contribution is 0.00625. The highest BCUT2D eigenvalue weighted by Gasteiger charge is 2.39. The number of nitrogens with zero attached hydrogens (tertiary/aromatic N) is 1. The number of aliphatic hydroxyl groups excluding tert-OH is 1. The number of fused-ring (bicyclic) bond motifs is 3. The third-order valence-corrected chi connectivity index (χ3v) is 5.65. The van der Waals surface area contributed by atoms with E-state index >= 15 is 0 Å². The van der Waals surface area contributed by atoms with Gasteiger partial charge in [-0.15, -0.1) is 0 Å². The van der Waals surface area contributed by atoms with Crippen LogP contribution in [0.15, 0.2) is 42.5 Å². The Morgan fingerprint density at radius 1 is 1.17 bits per heavy atom. The van der Waals surface area contributed by atoms with Crippen molar-refractivity contribution >= 4 is 6.09 Å². The molecule has 6 nitrogen and oxygen atoms in total. The molecule has 1 heterocycles. The fourth-order valence-corrected chi connectivity index (χ4v) is 4.36. The average molecular weight is 411 g/mol. The van der Waals surface area contributed by atoms with E-state index in [1.165, 1.54) is 0 Å². The van der Waals surface area contributed by atoms with E-state index in [4.69, 9.17) is 14.2 Å². The Hall–Kier alpha value is -2.73. The zero-order valence-corrected chi connectivity index (χ0v) is 17.8. The van der Waals surface area contributed by atoms with Gasteiger partial charge in [-0.25, -0.2) is 4.79 Å². The van der Waals surface area contributed by atoms with Crippen molar-refractivity contribution in [3.8, 4) is 11.5 Å². The standard InChI is InChI=1S/C24H29NO5/c1-24(2,3)30-23(27)25(13-16-7-5-4-6-8-16)20-11-9-18-17(19(20)14-26)10-12-21-22(18)29-15-28-21/h4-8,10,12,19-20,26H,9,11,13-15H2,1-3H3/t19-,20-/m1/s1. The Morgan fingerprint density at radius 2 is 1.93 bits per heavy atom. The molecule has 6 heteroatoms. The zero-order valence-electron chi connectivity index (χ0n) is 17.8. The normalized spacial score (nSPS) is 19.9. The van der Waals surface area contributed by atoms with Crippen molar-refractivity contribution in [2.75, 3.05) is 13.4 Å². The predicted molar refractivity (Wildman–Crippen MR) is 113 cm³/mol. The molecule has 1 aliphatic heterocycles. The van der Waals surface area contributed by atoms with Crippen LogP contribution in [0.25, 0.3) is 0 Å².